The summed E-state index contributed by atoms with van der Waals surface area (Å²) < 4.78 is 28.6. The van der Waals surface area contributed by atoms with Gasteiger partial charge in [0.1, 0.15) is 34.6 Å². The largest absolute Gasteiger partial charge is 0.497 e. The Morgan fingerprint density at radius 1 is 0.960 bits per heavy atom. The summed E-state index contributed by atoms with van der Waals surface area (Å²) in [5.41, 5.74) is 4.94. The van der Waals surface area contributed by atoms with Crippen molar-refractivity contribution in [2.45, 2.75) is 32.2 Å². The molecule has 1 unspecified atom stereocenters. The molecule has 0 saturated carbocycles. The summed E-state index contributed by atoms with van der Waals surface area (Å²) in [4.78, 5) is 25.9. The van der Waals surface area contributed by atoms with Gasteiger partial charge in [-0.15, -0.1) is 0 Å². The molecular weight excluding hydrogens is 685 g/mol. The van der Waals surface area contributed by atoms with Crippen LogP contribution in [0.1, 0.15) is 22.3 Å². The van der Waals surface area contributed by atoms with Crippen LogP contribution in [0.3, 0.4) is 0 Å². The van der Waals surface area contributed by atoms with E-state index >= 15 is 0 Å². The zero-order chi connectivity index (χ0) is 35.4. The molecule has 0 aliphatic carbocycles. The number of carbonyl (C=O) groups excluding carboxylic acids is 1. The standard InChI is InChI=1S/C36H37Cl2N5O7/c1-46-25-7-5-22(32(13-25)48-3)18-43(19-23-6-8-26(47-2)14-33(23)49-4)36-41-30-16-39-15-29(34(30)50-36)40-17-31(44)35(45)42-10-9-21-11-24(37)12-28(38)27(21)20-42/h5-8,11-16,31,40,44H,9-10,17-20H2,1-4H3. The lowest BCUT2D eigenvalue weighted by molar-refractivity contribution is -0.140. The Morgan fingerprint density at radius 2 is 1.62 bits per heavy atom. The van der Waals surface area contributed by atoms with Crippen LogP contribution in [0, 0.1) is 0 Å². The molecule has 1 aliphatic heterocycles. The normalized spacial score (nSPS) is 13.1. The number of aromatic nitrogens is 2. The highest BCUT2D eigenvalue weighted by atomic mass is 35.5. The first-order valence-electron chi connectivity index (χ1n) is 15.8. The van der Waals surface area contributed by atoms with Crippen molar-refractivity contribution in [2.24, 2.45) is 0 Å². The molecular formula is C36H37Cl2N5O7. The predicted octanol–water partition coefficient (Wildman–Crippen LogP) is 6.13. The van der Waals surface area contributed by atoms with Crippen LogP contribution in [-0.4, -0.2) is 73.5 Å². The minimum Gasteiger partial charge on any atom is -0.497 e. The summed E-state index contributed by atoms with van der Waals surface area (Å²) >= 11 is 12.6. The molecule has 2 aromatic heterocycles. The number of oxazole rings is 1. The Labute approximate surface area is 299 Å². The number of ether oxygens (including phenoxy) is 4. The molecule has 0 radical (unpaired) electrons. The molecule has 14 heteroatoms. The van der Waals surface area contributed by atoms with Crippen molar-refractivity contribution in [1.82, 2.24) is 14.9 Å². The number of fused-ring (bicyclic) bond motifs is 2. The highest BCUT2D eigenvalue weighted by Gasteiger charge is 2.28. The molecule has 3 heterocycles. The van der Waals surface area contributed by atoms with E-state index in [0.717, 1.165) is 22.3 Å². The first-order chi connectivity index (χ1) is 24.2. The molecule has 0 saturated heterocycles. The predicted molar refractivity (Wildman–Crippen MR) is 191 cm³/mol. The Morgan fingerprint density at radius 3 is 2.24 bits per heavy atom. The second-order valence-electron chi connectivity index (χ2n) is 11.7. The summed E-state index contributed by atoms with van der Waals surface area (Å²) in [5, 5.41) is 15.1. The Bertz CT molecular complexity index is 1950. The van der Waals surface area contributed by atoms with E-state index in [1.54, 1.807) is 51.8 Å². The number of benzene rings is 3. The van der Waals surface area contributed by atoms with Crippen LogP contribution in [0.15, 0.2) is 65.3 Å². The van der Waals surface area contributed by atoms with Gasteiger partial charge in [-0.3, -0.25) is 9.78 Å². The minimum atomic E-state index is -1.33. The number of nitrogens with zero attached hydrogens (tertiary/aromatic N) is 4. The molecule has 262 valence electrons. The lowest BCUT2D eigenvalue weighted by Gasteiger charge is -2.31. The van der Waals surface area contributed by atoms with E-state index in [1.165, 1.54) is 0 Å². The molecule has 1 atom stereocenters. The quantitative estimate of drug-likeness (QED) is 0.146. The average Bonchev–Trinajstić information content (AvgIpc) is 3.58. The van der Waals surface area contributed by atoms with Crippen molar-refractivity contribution >= 4 is 51.9 Å². The van der Waals surface area contributed by atoms with Gasteiger partial charge in [0.15, 0.2) is 5.58 Å². The van der Waals surface area contributed by atoms with Crippen molar-refractivity contribution in [3.05, 3.63) is 93.2 Å². The van der Waals surface area contributed by atoms with Crippen LogP contribution in [-0.2, 0) is 30.8 Å². The first kappa shape index (κ1) is 34.9. The highest BCUT2D eigenvalue weighted by molar-refractivity contribution is 6.35. The van der Waals surface area contributed by atoms with Crippen LogP contribution >= 0.6 is 23.2 Å². The van der Waals surface area contributed by atoms with Crippen LogP contribution in [0.25, 0.3) is 11.1 Å². The van der Waals surface area contributed by atoms with Crippen molar-refractivity contribution in [3.63, 3.8) is 0 Å². The van der Waals surface area contributed by atoms with Crippen LogP contribution in [0.5, 0.6) is 23.0 Å². The van der Waals surface area contributed by atoms with E-state index in [1.807, 2.05) is 47.4 Å². The summed E-state index contributed by atoms with van der Waals surface area (Å²) in [6, 6.07) is 15.1. The van der Waals surface area contributed by atoms with Crippen molar-refractivity contribution in [2.75, 3.05) is 51.7 Å². The first-order valence-corrected chi connectivity index (χ1v) is 16.6. The number of hydrogen-bond acceptors (Lipinski definition) is 11. The van der Waals surface area contributed by atoms with Gasteiger partial charge in [0.05, 0.1) is 66.2 Å². The second kappa shape index (κ2) is 15.3. The maximum atomic E-state index is 13.3. The lowest BCUT2D eigenvalue weighted by atomic mass is 9.99. The van der Waals surface area contributed by atoms with Crippen molar-refractivity contribution in [1.29, 1.82) is 0 Å². The Balaban J connectivity index is 1.24. The molecule has 1 aliphatic rings. The summed E-state index contributed by atoms with van der Waals surface area (Å²) in [7, 11) is 6.41. The number of methoxy groups -OCH3 is 4. The monoisotopic (exact) mass is 721 g/mol. The Kier molecular flexibility index (Phi) is 10.7. The van der Waals surface area contributed by atoms with E-state index < -0.39 is 12.0 Å². The number of pyridine rings is 1. The molecule has 2 N–H and O–H groups in total. The van der Waals surface area contributed by atoms with Crippen LogP contribution in [0.2, 0.25) is 10.0 Å². The molecule has 3 aromatic carbocycles. The fraction of sp³-hybridized carbons (Fsp3) is 0.306. The SMILES string of the molecule is COc1ccc(CN(Cc2ccc(OC)cc2OC)c2nc3cncc(NCC(O)C(=O)N4CCc5cc(Cl)cc(Cl)c5C4)c3o2)c(OC)c1. The summed E-state index contributed by atoms with van der Waals surface area (Å²) in [6.45, 7) is 1.36. The number of rotatable bonds is 13. The maximum absolute atomic E-state index is 13.3. The molecule has 0 fully saturated rings. The third-order valence-corrected chi connectivity index (χ3v) is 9.16. The summed E-state index contributed by atoms with van der Waals surface area (Å²) in [6.07, 6.45) is 2.42. The maximum Gasteiger partial charge on any atom is 0.299 e. The topological polar surface area (TPSA) is 132 Å². The number of aliphatic hydroxyl groups excluding tert-OH is 1. The van der Waals surface area contributed by atoms with Gasteiger partial charge >= 0.3 is 0 Å². The van der Waals surface area contributed by atoms with Crippen LogP contribution in [0.4, 0.5) is 11.7 Å². The number of carbonyl (C=O) groups is 1. The van der Waals surface area contributed by atoms with Gasteiger partial charge < -0.3 is 43.6 Å². The molecule has 1 amide bonds. The smallest absolute Gasteiger partial charge is 0.299 e. The number of hydrogen-bond donors (Lipinski definition) is 2. The van der Waals surface area contributed by atoms with Gasteiger partial charge in [-0.25, -0.2) is 0 Å². The number of halogens is 2. The van der Waals surface area contributed by atoms with E-state index in [2.05, 4.69) is 10.3 Å². The third-order valence-electron chi connectivity index (χ3n) is 8.60. The van der Waals surface area contributed by atoms with Crippen molar-refractivity contribution in [3.8, 4) is 23.0 Å². The fourth-order valence-corrected chi connectivity index (χ4v) is 6.54. The van der Waals surface area contributed by atoms with Crippen molar-refractivity contribution < 1.29 is 33.3 Å². The number of amides is 1. The fourth-order valence-electron chi connectivity index (χ4n) is 5.95. The lowest BCUT2D eigenvalue weighted by Crippen LogP contribution is -2.44. The summed E-state index contributed by atoms with van der Waals surface area (Å²) in [5.74, 6) is 2.19. The minimum absolute atomic E-state index is 0.0802. The third kappa shape index (κ3) is 7.47. The molecule has 0 spiro atoms. The number of aliphatic hydroxyl groups is 1. The van der Waals surface area contributed by atoms with Gasteiger partial charge in [-0.2, -0.15) is 4.98 Å². The molecule has 12 nitrogen and oxygen atoms in total. The van der Waals surface area contributed by atoms with Gasteiger partial charge in [0.2, 0.25) is 0 Å². The zero-order valence-corrected chi connectivity index (χ0v) is 29.5. The average molecular weight is 723 g/mol. The van der Waals surface area contributed by atoms with E-state index in [9.17, 15) is 9.90 Å². The zero-order valence-electron chi connectivity index (χ0n) is 28.0. The number of anilines is 2. The van der Waals surface area contributed by atoms with Crippen LogP contribution < -0.4 is 29.2 Å². The van der Waals surface area contributed by atoms with Gasteiger partial charge in [-0.1, -0.05) is 23.2 Å². The molecule has 5 aromatic rings. The van der Waals surface area contributed by atoms with Gasteiger partial charge in [0, 0.05) is 46.4 Å². The van der Waals surface area contributed by atoms with E-state index in [-0.39, 0.29) is 13.1 Å². The highest BCUT2D eigenvalue weighted by Crippen LogP contribution is 2.34. The second-order valence-corrected chi connectivity index (χ2v) is 12.5. The molecule has 6 rings (SSSR count). The number of nitrogens with one attached hydrogen (secondary N) is 1. The molecule has 50 heavy (non-hydrogen) atoms. The van der Waals surface area contributed by atoms with Gasteiger partial charge in [0.25, 0.3) is 11.9 Å². The molecule has 0 bridgehead atoms. The van der Waals surface area contributed by atoms with E-state index in [4.69, 9.17) is 51.6 Å². The Hall–Kier alpha value is -4.91. The van der Waals surface area contributed by atoms with E-state index in [0.29, 0.717) is 81.9 Å². The van der Waals surface area contributed by atoms with Gasteiger partial charge in [-0.05, 0) is 53.9 Å².